The Bertz CT molecular complexity index is 632. The number of carbonyl (C=O) groups is 1. The summed E-state index contributed by atoms with van der Waals surface area (Å²) in [5.74, 6) is 1.05. The van der Waals surface area contributed by atoms with Crippen LogP contribution < -0.4 is 10.1 Å². The van der Waals surface area contributed by atoms with E-state index in [2.05, 4.69) is 24.4 Å². The number of amides is 1. The molecule has 0 saturated carbocycles. The fourth-order valence-electron chi connectivity index (χ4n) is 2.23. The Labute approximate surface area is 138 Å². The zero-order valence-corrected chi connectivity index (χ0v) is 13.7. The molecule has 0 bridgehead atoms. The second kappa shape index (κ2) is 8.79. The van der Waals surface area contributed by atoms with Crippen LogP contribution in [0.1, 0.15) is 30.9 Å². The van der Waals surface area contributed by atoms with Gasteiger partial charge in [0.15, 0.2) is 0 Å². The summed E-state index contributed by atoms with van der Waals surface area (Å²) in [5, 5.41) is 2.93. The topological polar surface area (TPSA) is 38.3 Å². The number of ether oxygens (including phenoxy) is 1. The van der Waals surface area contributed by atoms with E-state index in [1.165, 1.54) is 5.56 Å². The van der Waals surface area contributed by atoms with E-state index >= 15 is 0 Å². The van der Waals surface area contributed by atoms with E-state index in [0.717, 1.165) is 11.3 Å². The van der Waals surface area contributed by atoms with Crippen molar-refractivity contribution in [1.82, 2.24) is 5.32 Å². The predicted molar refractivity (Wildman–Crippen MR) is 94.5 cm³/mol. The van der Waals surface area contributed by atoms with Crippen molar-refractivity contribution in [1.29, 1.82) is 0 Å². The third-order valence-electron chi connectivity index (χ3n) is 3.57. The number of rotatable bonds is 7. The third kappa shape index (κ3) is 5.62. The molecule has 1 atom stereocenters. The normalized spacial score (nSPS) is 12.1. The summed E-state index contributed by atoms with van der Waals surface area (Å²) < 4.78 is 5.39. The second-order valence-electron chi connectivity index (χ2n) is 5.39. The first-order valence-electron chi connectivity index (χ1n) is 7.92. The quantitative estimate of drug-likeness (QED) is 0.785. The minimum atomic E-state index is -0.0818. The van der Waals surface area contributed by atoms with Gasteiger partial charge in [0, 0.05) is 12.6 Å². The maximum absolute atomic E-state index is 11.9. The van der Waals surface area contributed by atoms with Gasteiger partial charge in [-0.3, -0.25) is 4.79 Å². The Morgan fingerprint density at radius 2 is 1.83 bits per heavy atom. The van der Waals surface area contributed by atoms with E-state index in [-0.39, 0.29) is 5.91 Å². The molecule has 0 radical (unpaired) electrons. The van der Waals surface area contributed by atoms with Gasteiger partial charge in [0.05, 0.1) is 6.61 Å². The van der Waals surface area contributed by atoms with Gasteiger partial charge in [-0.15, -0.1) is 0 Å². The first-order valence-corrected chi connectivity index (χ1v) is 7.92. The van der Waals surface area contributed by atoms with Crippen LogP contribution in [-0.4, -0.2) is 19.1 Å². The molecular weight excluding hydrogens is 286 g/mol. The van der Waals surface area contributed by atoms with Crippen molar-refractivity contribution in [3.63, 3.8) is 0 Å². The zero-order valence-electron chi connectivity index (χ0n) is 13.7. The molecule has 23 heavy (non-hydrogen) atoms. The van der Waals surface area contributed by atoms with Crippen molar-refractivity contribution >= 4 is 12.0 Å². The molecule has 120 valence electrons. The van der Waals surface area contributed by atoms with Crippen molar-refractivity contribution in [2.24, 2.45) is 0 Å². The number of carbonyl (C=O) groups excluding carboxylic acids is 1. The number of benzene rings is 2. The lowest BCUT2D eigenvalue weighted by atomic mass is 10.0. The van der Waals surface area contributed by atoms with Crippen molar-refractivity contribution in [3.05, 3.63) is 71.8 Å². The van der Waals surface area contributed by atoms with Crippen LogP contribution in [0.3, 0.4) is 0 Å². The number of nitrogens with one attached hydrogen (secondary N) is 1. The van der Waals surface area contributed by atoms with E-state index in [1.54, 1.807) is 12.2 Å². The number of hydrogen-bond donors (Lipinski definition) is 1. The summed E-state index contributed by atoms with van der Waals surface area (Å²) in [6.45, 7) is 5.33. The Balaban J connectivity index is 1.82. The van der Waals surface area contributed by atoms with E-state index < -0.39 is 0 Å². The molecule has 1 N–H and O–H groups in total. The van der Waals surface area contributed by atoms with Gasteiger partial charge in [-0.1, -0.05) is 49.4 Å². The molecule has 0 aliphatic heterocycles. The lowest BCUT2D eigenvalue weighted by molar-refractivity contribution is -0.116. The summed E-state index contributed by atoms with van der Waals surface area (Å²) in [6.07, 6.45) is 3.37. The molecule has 0 heterocycles. The molecule has 0 spiro atoms. The monoisotopic (exact) mass is 309 g/mol. The standard InChI is InChI=1S/C20H23NO2/c1-3-23-19-12-9-17(10-13-19)11-14-20(22)21-15-16(2)18-7-5-4-6-8-18/h4-14,16H,3,15H2,1-2H3,(H,21,22)/b14-11+/t16-/m0/s1. The van der Waals surface area contributed by atoms with Gasteiger partial charge in [-0.25, -0.2) is 0 Å². The van der Waals surface area contributed by atoms with Crippen LogP contribution >= 0.6 is 0 Å². The van der Waals surface area contributed by atoms with Crippen LogP contribution in [0.4, 0.5) is 0 Å². The molecule has 2 rings (SSSR count). The molecular formula is C20H23NO2. The minimum Gasteiger partial charge on any atom is -0.494 e. The summed E-state index contributed by atoms with van der Waals surface area (Å²) in [5.41, 5.74) is 2.20. The molecule has 0 aliphatic rings. The Kier molecular flexibility index (Phi) is 6.42. The molecule has 2 aromatic carbocycles. The largest absolute Gasteiger partial charge is 0.494 e. The van der Waals surface area contributed by atoms with Crippen molar-refractivity contribution in [2.45, 2.75) is 19.8 Å². The minimum absolute atomic E-state index is 0.0818. The summed E-state index contributed by atoms with van der Waals surface area (Å²) in [4.78, 5) is 11.9. The van der Waals surface area contributed by atoms with Crippen LogP contribution in [0.5, 0.6) is 5.75 Å². The third-order valence-corrected chi connectivity index (χ3v) is 3.57. The average Bonchev–Trinajstić information content (AvgIpc) is 2.60. The van der Waals surface area contributed by atoms with Crippen molar-refractivity contribution < 1.29 is 9.53 Å². The molecule has 3 heteroatoms. The van der Waals surface area contributed by atoms with Gasteiger partial charge in [-0.2, -0.15) is 0 Å². The van der Waals surface area contributed by atoms with Crippen molar-refractivity contribution in [2.75, 3.05) is 13.2 Å². The van der Waals surface area contributed by atoms with Gasteiger partial charge in [0.2, 0.25) is 5.91 Å². The molecule has 3 nitrogen and oxygen atoms in total. The smallest absolute Gasteiger partial charge is 0.244 e. The van der Waals surface area contributed by atoms with Crippen LogP contribution in [0.15, 0.2) is 60.7 Å². The number of hydrogen-bond acceptors (Lipinski definition) is 2. The molecule has 0 aromatic heterocycles. The fourth-order valence-corrected chi connectivity index (χ4v) is 2.23. The van der Waals surface area contributed by atoms with Crippen LogP contribution in [0.25, 0.3) is 6.08 Å². The Hall–Kier alpha value is -2.55. The second-order valence-corrected chi connectivity index (χ2v) is 5.39. The lowest BCUT2D eigenvalue weighted by Gasteiger charge is -2.11. The Morgan fingerprint density at radius 1 is 1.13 bits per heavy atom. The van der Waals surface area contributed by atoms with Crippen LogP contribution in [-0.2, 0) is 4.79 Å². The Morgan fingerprint density at radius 3 is 2.48 bits per heavy atom. The summed E-state index contributed by atoms with van der Waals surface area (Å²) in [6, 6.07) is 17.8. The molecule has 1 amide bonds. The first-order chi connectivity index (χ1) is 11.2. The van der Waals surface area contributed by atoms with Gasteiger partial charge in [0.25, 0.3) is 0 Å². The van der Waals surface area contributed by atoms with Crippen LogP contribution in [0.2, 0.25) is 0 Å². The molecule has 0 fully saturated rings. The van der Waals surface area contributed by atoms with Gasteiger partial charge >= 0.3 is 0 Å². The summed E-state index contributed by atoms with van der Waals surface area (Å²) >= 11 is 0. The van der Waals surface area contributed by atoms with Gasteiger partial charge in [0.1, 0.15) is 5.75 Å². The highest BCUT2D eigenvalue weighted by atomic mass is 16.5. The van der Waals surface area contributed by atoms with E-state index in [4.69, 9.17) is 4.74 Å². The highest BCUT2D eigenvalue weighted by molar-refractivity contribution is 5.91. The molecule has 0 saturated heterocycles. The highest BCUT2D eigenvalue weighted by Crippen LogP contribution is 2.14. The average molecular weight is 309 g/mol. The van der Waals surface area contributed by atoms with E-state index in [1.807, 2.05) is 49.4 Å². The molecule has 0 aliphatic carbocycles. The molecule has 2 aromatic rings. The SMILES string of the molecule is CCOc1ccc(/C=C/C(=O)NC[C@H](C)c2ccccc2)cc1. The van der Waals surface area contributed by atoms with Gasteiger partial charge < -0.3 is 10.1 Å². The lowest BCUT2D eigenvalue weighted by Crippen LogP contribution is -2.25. The van der Waals surface area contributed by atoms with Gasteiger partial charge in [-0.05, 0) is 42.2 Å². The first kappa shape index (κ1) is 16.8. The highest BCUT2D eigenvalue weighted by Gasteiger charge is 2.05. The van der Waals surface area contributed by atoms with E-state index in [9.17, 15) is 4.79 Å². The van der Waals surface area contributed by atoms with Crippen LogP contribution in [0, 0.1) is 0 Å². The summed E-state index contributed by atoms with van der Waals surface area (Å²) in [7, 11) is 0. The predicted octanol–water partition coefficient (Wildman–Crippen LogP) is 4.02. The maximum atomic E-state index is 11.9. The van der Waals surface area contributed by atoms with E-state index in [0.29, 0.717) is 19.1 Å². The van der Waals surface area contributed by atoms with Crippen molar-refractivity contribution in [3.8, 4) is 5.75 Å². The maximum Gasteiger partial charge on any atom is 0.244 e. The zero-order chi connectivity index (χ0) is 16.5. The molecule has 0 unspecified atom stereocenters. The fraction of sp³-hybridized carbons (Fsp3) is 0.250.